The molecule has 1 aromatic carbocycles. The molecule has 0 bridgehead atoms. The monoisotopic (exact) mass is 313 g/mol. The first-order chi connectivity index (χ1) is 10.7. The van der Waals surface area contributed by atoms with E-state index < -0.39 is 0 Å². The molecule has 121 valence electrons. The molecule has 3 rings (SSSR count). The lowest BCUT2D eigenvalue weighted by Crippen LogP contribution is -2.46. The van der Waals surface area contributed by atoms with Crippen LogP contribution in [0.4, 0.5) is 0 Å². The summed E-state index contributed by atoms with van der Waals surface area (Å²) in [5, 5.41) is 0.427. The van der Waals surface area contributed by atoms with E-state index in [1.807, 2.05) is 0 Å². The van der Waals surface area contributed by atoms with Crippen LogP contribution in [0.5, 0.6) is 0 Å². The number of hydrogen-bond acceptors (Lipinski definition) is 0. The lowest BCUT2D eigenvalue weighted by Gasteiger charge is -2.46. The van der Waals surface area contributed by atoms with Crippen molar-refractivity contribution in [2.45, 2.75) is 94.2 Å². The molecule has 0 N–H and O–H groups in total. The minimum atomic E-state index is -0.374. The molecule has 0 saturated heterocycles. The highest BCUT2D eigenvalue weighted by atomic mass is 28.3. The van der Waals surface area contributed by atoms with Crippen molar-refractivity contribution in [3.63, 3.8) is 0 Å². The van der Waals surface area contributed by atoms with Gasteiger partial charge in [0.05, 0.1) is 8.80 Å². The van der Waals surface area contributed by atoms with E-state index in [0.29, 0.717) is 5.04 Å². The largest absolute Gasteiger partial charge is 0.0661 e. The molecule has 0 amide bonds. The van der Waals surface area contributed by atoms with E-state index in [4.69, 9.17) is 0 Å². The molecule has 0 aliphatic heterocycles. The van der Waals surface area contributed by atoms with Gasteiger partial charge in [-0.25, -0.2) is 0 Å². The van der Waals surface area contributed by atoms with Gasteiger partial charge in [0.2, 0.25) is 0 Å². The van der Waals surface area contributed by atoms with Crippen LogP contribution in [0.2, 0.25) is 11.1 Å². The third kappa shape index (κ3) is 3.50. The molecule has 22 heavy (non-hydrogen) atoms. The normalized spacial score (nSPS) is 22.1. The van der Waals surface area contributed by atoms with E-state index in [1.54, 1.807) is 5.56 Å². The van der Waals surface area contributed by atoms with Crippen molar-refractivity contribution in [3.8, 4) is 0 Å². The molecule has 0 spiro atoms. The molecule has 0 nitrogen and oxygen atoms in total. The fourth-order valence-corrected chi connectivity index (χ4v) is 10.5. The summed E-state index contributed by atoms with van der Waals surface area (Å²) < 4.78 is 0. The predicted molar refractivity (Wildman–Crippen MR) is 98.9 cm³/mol. The Hall–Kier alpha value is -0.563. The summed E-state index contributed by atoms with van der Waals surface area (Å²) >= 11 is 0. The van der Waals surface area contributed by atoms with Gasteiger partial charge in [-0.1, -0.05) is 108 Å². The summed E-state index contributed by atoms with van der Waals surface area (Å²) in [6.07, 6.45) is 15.1. The zero-order valence-electron chi connectivity index (χ0n) is 14.6. The van der Waals surface area contributed by atoms with Crippen LogP contribution >= 0.6 is 0 Å². The second kappa shape index (κ2) is 7.34. The van der Waals surface area contributed by atoms with E-state index in [9.17, 15) is 0 Å². The van der Waals surface area contributed by atoms with E-state index in [2.05, 4.69) is 44.2 Å². The summed E-state index contributed by atoms with van der Waals surface area (Å²) in [4.78, 5) is 0. The van der Waals surface area contributed by atoms with Gasteiger partial charge in [-0.2, -0.15) is 0 Å². The summed E-state index contributed by atoms with van der Waals surface area (Å²) in [7, 11) is -0.374. The fraction of sp³-hybridized carbons (Fsp3) is 0.714. The maximum absolute atomic E-state index is 2.58. The van der Waals surface area contributed by atoms with Crippen LogP contribution in [0, 0.1) is 0 Å². The number of benzene rings is 1. The van der Waals surface area contributed by atoms with E-state index in [0.717, 1.165) is 11.1 Å². The Bertz CT molecular complexity index is 420. The van der Waals surface area contributed by atoms with Gasteiger partial charge in [0.1, 0.15) is 0 Å². The van der Waals surface area contributed by atoms with Crippen molar-refractivity contribution >= 4 is 8.80 Å². The minimum absolute atomic E-state index is 0.374. The second-order valence-corrected chi connectivity index (χ2v) is 11.9. The summed E-state index contributed by atoms with van der Waals surface area (Å²) in [5.74, 6) is 0. The Morgan fingerprint density at radius 3 is 1.64 bits per heavy atom. The summed E-state index contributed by atoms with van der Waals surface area (Å²) in [5.41, 5.74) is 3.74. The number of rotatable bonds is 4. The lowest BCUT2D eigenvalue weighted by molar-refractivity contribution is 0.444. The van der Waals surface area contributed by atoms with Crippen LogP contribution in [-0.4, -0.2) is 8.80 Å². The fourth-order valence-electron chi connectivity index (χ4n) is 5.20. The van der Waals surface area contributed by atoms with Crippen molar-refractivity contribution in [2.24, 2.45) is 0 Å². The minimum Gasteiger partial charge on any atom is -0.0622 e. The van der Waals surface area contributed by atoms with Crippen LogP contribution < -0.4 is 0 Å². The third-order valence-corrected chi connectivity index (χ3v) is 11.0. The van der Waals surface area contributed by atoms with Gasteiger partial charge in [0, 0.05) is 0 Å². The van der Waals surface area contributed by atoms with E-state index >= 15 is 0 Å². The molecular weight excluding hydrogens is 280 g/mol. The Morgan fingerprint density at radius 2 is 1.18 bits per heavy atom. The predicted octanol–water partition coefficient (Wildman–Crippen LogP) is 6.67. The van der Waals surface area contributed by atoms with Crippen LogP contribution in [-0.2, 0) is 5.04 Å². The van der Waals surface area contributed by atoms with Gasteiger partial charge in [-0.05, 0) is 21.7 Å². The molecular formula is C21H33Si. The summed E-state index contributed by atoms with van der Waals surface area (Å²) in [6, 6.07) is 11.5. The van der Waals surface area contributed by atoms with Gasteiger partial charge in [0.25, 0.3) is 0 Å². The Kier molecular flexibility index (Phi) is 5.44. The first-order valence-electron chi connectivity index (χ1n) is 9.62. The van der Waals surface area contributed by atoms with Crippen molar-refractivity contribution in [1.82, 2.24) is 0 Å². The first kappa shape index (κ1) is 16.3. The average Bonchev–Trinajstić information content (AvgIpc) is 2.58. The molecule has 0 aromatic heterocycles. The molecule has 1 heteroatoms. The topological polar surface area (TPSA) is 0 Å². The van der Waals surface area contributed by atoms with Gasteiger partial charge < -0.3 is 0 Å². The third-order valence-electron chi connectivity index (χ3n) is 6.31. The van der Waals surface area contributed by atoms with Gasteiger partial charge >= 0.3 is 0 Å². The van der Waals surface area contributed by atoms with Crippen molar-refractivity contribution in [3.05, 3.63) is 35.9 Å². The first-order valence-corrected chi connectivity index (χ1v) is 11.3. The van der Waals surface area contributed by atoms with Crippen molar-refractivity contribution < 1.29 is 0 Å². The highest BCUT2D eigenvalue weighted by Gasteiger charge is 2.43. The molecule has 0 atom stereocenters. The quantitative estimate of drug-likeness (QED) is 0.545. The van der Waals surface area contributed by atoms with Crippen molar-refractivity contribution in [1.29, 1.82) is 0 Å². The molecule has 1 radical (unpaired) electrons. The van der Waals surface area contributed by atoms with Crippen LogP contribution in [0.1, 0.15) is 83.6 Å². The zero-order valence-corrected chi connectivity index (χ0v) is 15.6. The second-order valence-electron chi connectivity index (χ2n) is 8.12. The number of hydrogen-bond donors (Lipinski definition) is 0. The molecule has 0 heterocycles. The average molecular weight is 314 g/mol. The molecule has 2 aliphatic rings. The van der Waals surface area contributed by atoms with Gasteiger partial charge in [-0.3, -0.25) is 0 Å². The van der Waals surface area contributed by atoms with Crippen LogP contribution in [0.25, 0.3) is 0 Å². The van der Waals surface area contributed by atoms with E-state index in [1.165, 1.54) is 64.2 Å². The maximum Gasteiger partial charge on any atom is 0.0661 e. The summed E-state index contributed by atoms with van der Waals surface area (Å²) in [6.45, 7) is 5.17. The molecule has 1 aromatic rings. The van der Waals surface area contributed by atoms with Crippen LogP contribution in [0.15, 0.2) is 30.3 Å². The smallest absolute Gasteiger partial charge is 0.0622 e. The Balaban J connectivity index is 1.89. The Labute approximate surface area is 139 Å². The highest BCUT2D eigenvalue weighted by Crippen LogP contribution is 2.48. The van der Waals surface area contributed by atoms with Crippen molar-refractivity contribution in [2.75, 3.05) is 0 Å². The molecule has 2 aliphatic carbocycles. The maximum atomic E-state index is 2.58. The Morgan fingerprint density at radius 1 is 0.727 bits per heavy atom. The van der Waals surface area contributed by atoms with E-state index in [-0.39, 0.29) is 8.80 Å². The molecule has 0 unspecified atom stereocenters. The zero-order chi connectivity index (χ0) is 15.4. The SMILES string of the molecule is CC(C)(c1ccccc1)[Si](C1CCCCC1)C1CCCCC1. The van der Waals surface area contributed by atoms with Gasteiger partial charge in [-0.15, -0.1) is 0 Å². The molecule has 2 fully saturated rings. The highest BCUT2D eigenvalue weighted by molar-refractivity contribution is 6.65. The lowest BCUT2D eigenvalue weighted by atomic mass is 9.98. The van der Waals surface area contributed by atoms with Gasteiger partial charge in [0.15, 0.2) is 0 Å². The standard InChI is InChI=1S/C21H33Si/c1-21(2,18-12-6-3-7-13-18)22(19-14-8-4-9-15-19)20-16-10-5-11-17-20/h3,6-7,12-13,19-20H,4-5,8-11,14-17H2,1-2H3. The van der Waals surface area contributed by atoms with Crippen LogP contribution in [0.3, 0.4) is 0 Å². The molecule has 2 saturated carbocycles.